The smallest absolute Gasteiger partial charge is 0.264 e. The molecule has 3 aliphatic heterocycles. The molecule has 0 bridgehead atoms. The van der Waals surface area contributed by atoms with Gasteiger partial charge in [-0.2, -0.15) is 0 Å². The lowest BCUT2D eigenvalue weighted by molar-refractivity contribution is -0.146. The van der Waals surface area contributed by atoms with E-state index in [4.69, 9.17) is 4.74 Å². The number of nitrogens with zero attached hydrogens (tertiary/aromatic N) is 5. The van der Waals surface area contributed by atoms with Crippen LogP contribution < -0.4 is 9.80 Å². The van der Waals surface area contributed by atoms with Crippen LogP contribution in [-0.2, 0) is 39.4 Å². The van der Waals surface area contributed by atoms with E-state index in [-0.39, 0.29) is 36.0 Å². The number of carbonyl (C=O) groups excluding carboxylic acids is 2. The number of benzene rings is 2. The Morgan fingerprint density at radius 2 is 2.00 bits per heavy atom. The van der Waals surface area contributed by atoms with Gasteiger partial charge in [-0.3, -0.25) is 14.3 Å². The summed E-state index contributed by atoms with van der Waals surface area (Å²) in [6.07, 6.45) is 3.00. The van der Waals surface area contributed by atoms with Crippen molar-refractivity contribution in [2.24, 2.45) is 5.92 Å². The molecule has 0 radical (unpaired) electrons. The van der Waals surface area contributed by atoms with Gasteiger partial charge in [-0.1, -0.05) is 40.2 Å². The number of halogens is 1. The predicted octanol–water partition coefficient (Wildman–Crippen LogP) is 3.75. The minimum atomic E-state index is -2.80. The molecule has 0 aliphatic carbocycles. The highest BCUT2D eigenvalue weighted by molar-refractivity contribution is 9.10. The molecule has 2 fully saturated rings. The topological polar surface area (TPSA) is 121 Å². The molecule has 6 rings (SSSR count). The fourth-order valence-electron chi connectivity index (χ4n) is 7.01. The second-order valence-corrected chi connectivity index (χ2v) is 17.0. The lowest BCUT2D eigenvalue weighted by Crippen LogP contribution is -2.46. The fraction of sp³-hybridized carbons (Fsp3) is 0.467. The number of aliphatic hydroxyl groups excluding tert-OH is 1. The van der Waals surface area contributed by atoms with Crippen LogP contribution in [0.5, 0.6) is 0 Å². The van der Waals surface area contributed by atoms with Gasteiger partial charge in [0.1, 0.15) is 0 Å². The van der Waals surface area contributed by atoms with Crippen molar-refractivity contribution >= 4 is 47.4 Å². The molecule has 0 unspecified atom stereocenters. The molecule has 12 heteroatoms. The summed E-state index contributed by atoms with van der Waals surface area (Å²) >= 11 is 3.61. The molecule has 222 valence electrons. The van der Waals surface area contributed by atoms with Crippen molar-refractivity contribution in [1.29, 1.82) is 0 Å². The van der Waals surface area contributed by atoms with Gasteiger partial charge in [0.25, 0.3) is 5.91 Å². The van der Waals surface area contributed by atoms with Gasteiger partial charge in [-0.05, 0) is 55.4 Å². The standard InChI is InChI=1S/C30H36BrN5O5Si/c1-19-28(42(2,3)40)26(9-12-34-18-22(11-14-37)32-33-34)41-30(19)24-16-21(31)7-8-25(24)36(29(30)39)17-20-5-4-6-23(15-20)35-13-10-27(35)38/h4-8,15-16,18-19,26,28,37,40H,9-14,17H2,1-3H3/t19-,26+,28-,30+/m0/s1. The number of anilines is 2. The van der Waals surface area contributed by atoms with Crippen LogP contribution in [0.1, 0.15) is 36.6 Å². The summed E-state index contributed by atoms with van der Waals surface area (Å²) in [6, 6.07) is 13.7. The van der Waals surface area contributed by atoms with Crippen LogP contribution in [0.15, 0.2) is 53.1 Å². The summed E-state index contributed by atoms with van der Waals surface area (Å²) in [4.78, 5) is 41.8. The van der Waals surface area contributed by atoms with Crippen LogP contribution in [0, 0.1) is 5.92 Å². The van der Waals surface area contributed by atoms with Gasteiger partial charge >= 0.3 is 0 Å². The zero-order valence-electron chi connectivity index (χ0n) is 24.0. The third kappa shape index (κ3) is 4.92. The van der Waals surface area contributed by atoms with Gasteiger partial charge in [0, 0.05) is 65.9 Å². The van der Waals surface area contributed by atoms with E-state index in [2.05, 4.69) is 26.2 Å². The largest absolute Gasteiger partial charge is 0.432 e. The summed E-state index contributed by atoms with van der Waals surface area (Å²) in [5.74, 6) is -0.300. The van der Waals surface area contributed by atoms with Gasteiger partial charge in [0.2, 0.25) is 5.91 Å². The van der Waals surface area contributed by atoms with Gasteiger partial charge in [-0.25, -0.2) is 0 Å². The number of amides is 2. The summed E-state index contributed by atoms with van der Waals surface area (Å²) in [7, 11) is -2.80. The molecule has 2 aromatic carbocycles. The third-order valence-corrected chi connectivity index (χ3v) is 12.0. The maximum atomic E-state index is 14.6. The van der Waals surface area contributed by atoms with E-state index < -0.39 is 13.9 Å². The molecule has 42 heavy (non-hydrogen) atoms. The van der Waals surface area contributed by atoms with E-state index in [1.54, 1.807) is 14.5 Å². The fourth-order valence-corrected chi connectivity index (χ4v) is 9.97. The number of aromatic nitrogens is 3. The Balaban J connectivity index is 1.33. The molecule has 10 nitrogen and oxygen atoms in total. The lowest BCUT2D eigenvalue weighted by atomic mass is 9.82. The summed E-state index contributed by atoms with van der Waals surface area (Å²) in [5.41, 5.74) is 2.64. The Hall–Kier alpha value is -2.90. The number of β-lactam (4-membered cyclic amide) rings is 1. The predicted molar refractivity (Wildman–Crippen MR) is 163 cm³/mol. The minimum absolute atomic E-state index is 0.00505. The van der Waals surface area contributed by atoms with Crippen molar-refractivity contribution in [1.82, 2.24) is 15.0 Å². The molecule has 2 saturated heterocycles. The average molecular weight is 655 g/mol. The Kier molecular flexibility index (Phi) is 7.63. The van der Waals surface area contributed by atoms with Gasteiger partial charge < -0.3 is 24.4 Å². The summed E-state index contributed by atoms with van der Waals surface area (Å²) in [5, 5.41) is 17.5. The number of aliphatic hydroxyl groups is 1. The zero-order valence-corrected chi connectivity index (χ0v) is 26.6. The summed E-state index contributed by atoms with van der Waals surface area (Å²) in [6.45, 7) is 7.43. The monoisotopic (exact) mass is 653 g/mol. The van der Waals surface area contributed by atoms with Crippen molar-refractivity contribution in [3.8, 4) is 0 Å². The number of hydrogen-bond acceptors (Lipinski definition) is 7. The highest BCUT2D eigenvalue weighted by atomic mass is 79.9. The van der Waals surface area contributed by atoms with E-state index >= 15 is 0 Å². The maximum Gasteiger partial charge on any atom is 0.264 e. The van der Waals surface area contributed by atoms with E-state index in [1.807, 2.05) is 68.7 Å². The zero-order chi connectivity index (χ0) is 29.8. The van der Waals surface area contributed by atoms with E-state index in [9.17, 15) is 19.5 Å². The van der Waals surface area contributed by atoms with Crippen LogP contribution in [0.4, 0.5) is 11.4 Å². The molecule has 4 atom stereocenters. The highest BCUT2D eigenvalue weighted by Crippen LogP contribution is 2.60. The second kappa shape index (κ2) is 11.0. The van der Waals surface area contributed by atoms with E-state index in [0.29, 0.717) is 44.6 Å². The number of hydrogen-bond donors (Lipinski definition) is 2. The molecule has 2 N–H and O–H groups in total. The normalized spacial score (nSPS) is 25.4. The van der Waals surface area contributed by atoms with Crippen molar-refractivity contribution in [3.05, 3.63) is 70.0 Å². The van der Waals surface area contributed by atoms with Crippen LogP contribution >= 0.6 is 15.9 Å². The number of ether oxygens (including phenoxy) is 1. The van der Waals surface area contributed by atoms with Gasteiger partial charge in [0.05, 0.1) is 24.0 Å². The quantitative estimate of drug-likeness (QED) is 0.267. The van der Waals surface area contributed by atoms with Gasteiger partial charge in [0.15, 0.2) is 13.9 Å². The van der Waals surface area contributed by atoms with Crippen molar-refractivity contribution < 1.29 is 24.2 Å². The molecule has 3 aliphatic rings. The summed E-state index contributed by atoms with van der Waals surface area (Å²) < 4.78 is 9.49. The second-order valence-electron chi connectivity index (χ2n) is 12.1. The number of aryl methyl sites for hydroxylation is 1. The first kappa shape index (κ1) is 29.2. The molecule has 1 spiro atoms. The van der Waals surface area contributed by atoms with Crippen LogP contribution in [0.3, 0.4) is 0 Å². The van der Waals surface area contributed by atoms with Crippen molar-refractivity contribution in [2.75, 3.05) is 23.0 Å². The molecule has 0 saturated carbocycles. The number of rotatable bonds is 9. The number of carbonyl (C=O) groups is 2. The van der Waals surface area contributed by atoms with Crippen LogP contribution in [-0.4, -0.2) is 64.3 Å². The SMILES string of the molecule is C[C@H]1[C@H]([Si](C)(C)O)[C@@H](CCn2cc(CCO)nn2)O[C@]12C(=O)N(Cc1cccc(N3CCC3=O)c1)c1ccc(Br)cc12. The Labute approximate surface area is 254 Å². The Morgan fingerprint density at radius 3 is 2.69 bits per heavy atom. The first-order valence-corrected chi connectivity index (χ1v) is 18.3. The molecule has 4 heterocycles. The van der Waals surface area contributed by atoms with E-state index in [0.717, 1.165) is 27.0 Å². The average Bonchev–Trinajstić information content (AvgIpc) is 3.57. The maximum absolute atomic E-state index is 14.6. The van der Waals surface area contributed by atoms with Gasteiger partial charge in [-0.15, -0.1) is 5.10 Å². The van der Waals surface area contributed by atoms with Crippen LogP contribution in [0.2, 0.25) is 18.6 Å². The molecule has 3 aromatic rings. The lowest BCUT2D eigenvalue weighted by Gasteiger charge is -2.32. The highest BCUT2D eigenvalue weighted by Gasteiger charge is 2.66. The Morgan fingerprint density at radius 1 is 1.19 bits per heavy atom. The molecular weight excluding hydrogens is 618 g/mol. The van der Waals surface area contributed by atoms with Crippen LogP contribution in [0.25, 0.3) is 0 Å². The molecule has 1 aromatic heterocycles. The number of fused-ring (bicyclic) bond motifs is 2. The molecular formula is C30H36BrN5O5Si. The molecule has 2 amide bonds. The van der Waals surface area contributed by atoms with Crippen molar-refractivity contribution in [3.63, 3.8) is 0 Å². The Bertz CT molecular complexity index is 1530. The third-order valence-electron chi connectivity index (χ3n) is 8.96. The first-order chi connectivity index (χ1) is 20.0. The minimum Gasteiger partial charge on any atom is -0.432 e. The van der Waals surface area contributed by atoms with Crippen molar-refractivity contribution in [2.45, 2.75) is 69.6 Å². The van der Waals surface area contributed by atoms with E-state index in [1.165, 1.54) is 0 Å². The first-order valence-electron chi connectivity index (χ1n) is 14.4.